The second-order valence-electron chi connectivity index (χ2n) is 5.83. The van der Waals surface area contributed by atoms with Gasteiger partial charge in [0.1, 0.15) is 9.88 Å². The minimum atomic E-state index is -0.318. The Labute approximate surface area is 191 Å². The van der Waals surface area contributed by atoms with Gasteiger partial charge in [-0.15, -0.1) is 46.7 Å². The molecule has 0 amide bonds. The molecular formula is C18H28IN5O2S2. The third kappa shape index (κ3) is 6.96. The van der Waals surface area contributed by atoms with Crippen LogP contribution in [0.25, 0.3) is 0 Å². The highest BCUT2D eigenvalue weighted by molar-refractivity contribution is 14.0. The van der Waals surface area contributed by atoms with Gasteiger partial charge in [0, 0.05) is 11.9 Å². The summed E-state index contributed by atoms with van der Waals surface area (Å²) in [4.78, 5) is 26.2. The number of carbonyl (C=O) groups is 1. The van der Waals surface area contributed by atoms with Crippen LogP contribution in [0.2, 0.25) is 0 Å². The highest BCUT2D eigenvalue weighted by Crippen LogP contribution is 2.24. The Bertz CT molecular complexity index is 791. The average molecular weight is 537 g/mol. The van der Waals surface area contributed by atoms with Gasteiger partial charge < -0.3 is 15.4 Å². The number of aryl methyl sites for hydroxylation is 2. The molecule has 0 bridgehead atoms. The second kappa shape index (κ2) is 12.3. The quantitative estimate of drug-likeness (QED) is 0.228. The van der Waals surface area contributed by atoms with E-state index in [4.69, 9.17) is 4.74 Å². The summed E-state index contributed by atoms with van der Waals surface area (Å²) in [6.45, 7) is 11.4. The van der Waals surface area contributed by atoms with E-state index in [1.54, 1.807) is 18.3 Å². The molecule has 0 radical (unpaired) electrons. The number of nitrogens with one attached hydrogen (secondary N) is 2. The molecule has 2 aromatic rings. The molecule has 0 spiro atoms. The summed E-state index contributed by atoms with van der Waals surface area (Å²) in [6.07, 6.45) is 0.940. The Morgan fingerprint density at radius 2 is 2.07 bits per heavy atom. The smallest absolute Gasteiger partial charge is 0.350 e. The van der Waals surface area contributed by atoms with E-state index >= 15 is 0 Å². The van der Waals surface area contributed by atoms with Crippen molar-refractivity contribution in [3.63, 3.8) is 0 Å². The zero-order chi connectivity index (χ0) is 19.8. The number of thiazole rings is 2. The number of halogens is 1. The number of nitrogens with zero attached hydrogens (tertiary/aromatic N) is 3. The van der Waals surface area contributed by atoms with E-state index in [-0.39, 0.29) is 36.0 Å². The maximum absolute atomic E-state index is 12.0. The molecule has 2 heterocycles. The largest absolute Gasteiger partial charge is 0.462 e. The van der Waals surface area contributed by atoms with Crippen LogP contribution in [0.4, 0.5) is 0 Å². The highest BCUT2D eigenvalue weighted by Gasteiger charge is 2.20. The van der Waals surface area contributed by atoms with Gasteiger partial charge in [0.2, 0.25) is 0 Å². The predicted octanol–water partition coefficient (Wildman–Crippen LogP) is 4.08. The van der Waals surface area contributed by atoms with Gasteiger partial charge in [-0.25, -0.2) is 19.8 Å². The van der Waals surface area contributed by atoms with Crippen LogP contribution in [0.3, 0.4) is 0 Å². The fraction of sp³-hybridized carbons (Fsp3) is 0.556. The Morgan fingerprint density at radius 3 is 2.68 bits per heavy atom. The number of hydrogen-bond acceptors (Lipinski definition) is 7. The number of hydrogen-bond donors (Lipinski definition) is 2. The first-order chi connectivity index (χ1) is 13.0. The van der Waals surface area contributed by atoms with Crippen molar-refractivity contribution in [1.29, 1.82) is 0 Å². The molecule has 1 atom stereocenters. The standard InChI is InChI=1S/C18H27N5O2S2.HI/c1-6-14-23-13(10-26-14)9-20-18(19-7-2)22-12(5)16-21-11(4)15(27-16)17(24)25-8-3;/h10,12H,6-9H2,1-5H3,(H2,19,20,22);1H. The molecule has 10 heteroatoms. The lowest BCUT2D eigenvalue weighted by atomic mass is 10.3. The maximum Gasteiger partial charge on any atom is 0.350 e. The van der Waals surface area contributed by atoms with Crippen LogP contribution in [-0.2, 0) is 17.7 Å². The lowest BCUT2D eigenvalue weighted by molar-refractivity contribution is 0.0531. The van der Waals surface area contributed by atoms with E-state index < -0.39 is 0 Å². The predicted molar refractivity (Wildman–Crippen MR) is 126 cm³/mol. The van der Waals surface area contributed by atoms with Crippen LogP contribution in [-0.4, -0.2) is 35.0 Å². The van der Waals surface area contributed by atoms with Crippen molar-refractivity contribution in [2.24, 2.45) is 4.99 Å². The van der Waals surface area contributed by atoms with Gasteiger partial charge in [-0.3, -0.25) is 0 Å². The van der Waals surface area contributed by atoms with E-state index in [1.807, 2.05) is 26.2 Å². The average Bonchev–Trinajstić information content (AvgIpc) is 3.26. The molecule has 156 valence electrons. The van der Waals surface area contributed by atoms with Crippen LogP contribution in [0.15, 0.2) is 10.4 Å². The number of guanidine groups is 1. The summed E-state index contributed by atoms with van der Waals surface area (Å²) in [5, 5.41) is 10.6. The van der Waals surface area contributed by atoms with E-state index in [2.05, 4.69) is 32.5 Å². The van der Waals surface area contributed by atoms with Crippen molar-refractivity contribution in [2.75, 3.05) is 13.2 Å². The number of carbonyl (C=O) groups excluding carboxylic acids is 1. The van der Waals surface area contributed by atoms with Crippen molar-refractivity contribution < 1.29 is 9.53 Å². The molecule has 0 aliphatic carbocycles. The van der Waals surface area contributed by atoms with Crippen molar-refractivity contribution in [1.82, 2.24) is 20.6 Å². The van der Waals surface area contributed by atoms with Crippen molar-refractivity contribution in [3.05, 3.63) is 31.7 Å². The number of aromatic nitrogens is 2. The third-order valence-corrected chi connectivity index (χ3v) is 6.00. The normalized spacial score (nSPS) is 12.2. The fourth-order valence-corrected chi connectivity index (χ4v) is 4.02. The van der Waals surface area contributed by atoms with Crippen LogP contribution < -0.4 is 10.6 Å². The molecule has 2 aromatic heterocycles. The van der Waals surface area contributed by atoms with E-state index in [0.29, 0.717) is 29.7 Å². The van der Waals surface area contributed by atoms with Gasteiger partial charge in [0.15, 0.2) is 5.96 Å². The summed E-state index contributed by atoms with van der Waals surface area (Å²) in [7, 11) is 0. The molecule has 0 aliphatic heterocycles. The van der Waals surface area contributed by atoms with Gasteiger partial charge in [-0.2, -0.15) is 0 Å². The highest BCUT2D eigenvalue weighted by atomic mass is 127. The first-order valence-corrected chi connectivity index (χ1v) is 10.8. The number of rotatable bonds is 8. The van der Waals surface area contributed by atoms with Crippen LogP contribution >= 0.6 is 46.7 Å². The lowest BCUT2D eigenvalue weighted by Crippen LogP contribution is -2.38. The number of aliphatic imine (C=N–C) groups is 1. The van der Waals surface area contributed by atoms with Crippen molar-refractivity contribution in [3.8, 4) is 0 Å². The zero-order valence-electron chi connectivity index (χ0n) is 16.9. The molecule has 28 heavy (non-hydrogen) atoms. The van der Waals surface area contributed by atoms with Crippen molar-refractivity contribution in [2.45, 2.75) is 53.6 Å². The Kier molecular flexibility index (Phi) is 10.9. The zero-order valence-corrected chi connectivity index (χ0v) is 20.8. The molecule has 0 aromatic carbocycles. The van der Waals surface area contributed by atoms with Crippen molar-refractivity contribution >= 4 is 58.6 Å². The van der Waals surface area contributed by atoms with E-state index in [9.17, 15) is 4.79 Å². The SMILES string of the molecule is CCNC(=NCc1csc(CC)n1)NC(C)c1nc(C)c(C(=O)OCC)s1.I. The maximum atomic E-state index is 12.0. The Balaban J connectivity index is 0.00000392. The fourth-order valence-electron chi connectivity index (χ4n) is 2.32. The van der Waals surface area contributed by atoms with Crippen LogP contribution in [0.1, 0.15) is 64.8 Å². The summed E-state index contributed by atoms with van der Waals surface area (Å²) in [5.41, 5.74) is 1.66. The minimum Gasteiger partial charge on any atom is -0.462 e. The summed E-state index contributed by atoms with van der Waals surface area (Å²) < 4.78 is 5.09. The first-order valence-electron chi connectivity index (χ1n) is 9.10. The third-order valence-electron chi connectivity index (χ3n) is 3.64. The number of ether oxygens (including phenoxy) is 1. The van der Waals surface area contributed by atoms with Gasteiger partial charge >= 0.3 is 5.97 Å². The van der Waals surface area contributed by atoms with Gasteiger partial charge in [0.25, 0.3) is 0 Å². The molecule has 0 fully saturated rings. The van der Waals surface area contributed by atoms with Gasteiger partial charge in [0.05, 0.1) is 35.6 Å². The van der Waals surface area contributed by atoms with E-state index in [0.717, 1.165) is 28.7 Å². The molecule has 0 saturated heterocycles. The Hall–Kier alpha value is -1.27. The van der Waals surface area contributed by atoms with Gasteiger partial charge in [-0.05, 0) is 34.1 Å². The Morgan fingerprint density at radius 1 is 1.32 bits per heavy atom. The van der Waals surface area contributed by atoms with E-state index in [1.165, 1.54) is 11.3 Å². The molecule has 1 unspecified atom stereocenters. The summed E-state index contributed by atoms with van der Waals surface area (Å²) >= 11 is 3.02. The molecule has 2 rings (SSSR count). The molecule has 0 aliphatic rings. The first kappa shape index (κ1) is 24.8. The van der Waals surface area contributed by atoms with Gasteiger partial charge in [-0.1, -0.05) is 6.92 Å². The monoisotopic (exact) mass is 537 g/mol. The minimum absolute atomic E-state index is 0. The van der Waals surface area contributed by atoms with Crippen LogP contribution in [0, 0.1) is 6.92 Å². The van der Waals surface area contributed by atoms with Crippen LogP contribution in [0.5, 0.6) is 0 Å². The summed E-state index contributed by atoms with van der Waals surface area (Å²) in [6, 6.07) is -0.0867. The number of esters is 1. The summed E-state index contributed by atoms with van der Waals surface area (Å²) in [5.74, 6) is 0.378. The lowest BCUT2D eigenvalue weighted by Gasteiger charge is -2.15. The second-order valence-corrected chi connectivity index (χ2v) is 7.81. The molecular weight excluding hydrogens is 509 g/mol. The molecule has 2 N–H and O–H groups in total. The molecule has 7 nitrogen and oxygen atoms in total. The molecule has 0 saturated carbocycles. The topological polar surface area (TPSA) is 88.5 Å².